The summed E-state index contributed by atoms with van der Waals surface area (Å²) in [6.45, 7) is 0. The summed E-state index contributed by atoms with van der Waals surface area (Å²) in [6.07, 6.45) is 5.64. The molecule has 1 fully saturated rings. The zero-order valence-corrected chi connectivity index (χ0v) is 17.5. The second kappa shape index (κ2) is 9.14. The molecule has 2 atom stereocenters. The Hall–Kier alpha value is -3.45. The molecule has 2 aromatic carbocycles. The van der Waals surface area contributed by atoms with E-state index < -0.39 is 5.91 Å². The average Bonchev–Trinajstić information content (AvgIpc) is 2.79. The first-order chi connectivity index (χ1) is 15.1. The molecule has 1 aromatic heterocycles. The molecular formula is C24H27N5O2. The number of rotatable bonds is 6. The fourth-order valence-electron chi connectivity index (χ4n) is 4.29. The molecule has 0 saturated heterocycles. The van der Waals surface area contributed by atoms with Gasteiger partial charge in [0.05, 0.1) is 12.8 Å². The molecule has 0 spiro atoms. The monoisotopic (exact) mass is 417 g/mol. The van der Waals surface area contributed by atoms with E-state index >= 15 is 0 Å². The third-order valence-corrected chi connectivity index (χ3v) is 5.86. The third-order valence-electron chi connectivity index (χ3n) is 5.86. The number of amides is 1. The molecule has 0 aliphatic heterocycles. The predicted octanol–water partition coefficient (Wildman–Crippen LogP) is 3.98. The van der Waals surface area contributed by atoms with E-state index in [1.54, 1.807) is 13.2 Å². The standard InChI is InChI=1S/C24H27N5O2/c1-31-22-9-5-3-7-18(22)21-13-23(28-14-27-21)29-15-10-11-17(24(26)30)19(12-15)16-6-2-4-8-20(16)25/h3,5,7,9-14,16,20H,2,4,6,8,25H2,1H3,(H2,26,30)(H,27,28,29). The van der Waals surface area contributed by atoms with Crippen LogP contribution < -0.4 is 21.5 Å². The van der Waals surface area contributed by atoms with Gasteiger partial charge in [-0.3, -0.25) is 4.79 Å². The van der Waals surface area contributed by atoms with Crippen LogP contribution in [0.1, 0.15) is 47.5 Å². The third kappa shape index (κ3) is 4.51. The van der Waals surface area contributed by atoms with E-state index in [9.17, 15) is 4.79 Å². The SMILES string of the molecule is COc1ccccc1-c1cc(Nc2ccc(C(N)=O)c(C3CCCCC3N)c2)ncn1. The summed E-state index contributed by atoms with van der Waals surface area (Å²) < 4.78 is 5.45. The Bertz CT molecular complexity index is 1090. The Morgan fingerprint density at radius 3 is 2.68 bits per heavy atom. The lowest BCUT2D eigenvalue weighted by atomic mass is 9.78. The molecule has 3 aromatic rings. The number of carbonyl (C=O) groups excluding carboxylic acids is 1. The fourth-order valence-corrected chi connectivity index (χ4v) is 4.29. The number of benzene rings is 2. The van der Waals surface area contributed by atoms with Crippen molar-refractivity contribution in [1.82, 2.24) is 9.97 Å². The molecule has 4 rings (SSSR count). The highest BCUT2D eigenvalue weighted by Crippen LogP contribution is 2.36. The first-order valence-corrected chi connectivity index (χ1v) is 10.5. The average molecular weight is 418 g/mol. The number of nitrogens with one attached hydrogen (secondary N) is 1. The molecule has 1 aliphatic rings. The lowest BCUT2D eigenvalue weighted by Gasteiger charge is -2.30. The molecule has 7 heteroatoms. The van der Waals surface area contributed by atoms with Crippen LogP contribution in [0.2, 0.25) is 0 Å². The quantitative estimate of drug-likeness (QED) is 0.559. The molecule has 1 amide bonds. The van der Waals surface area contributed by atoms with Crippen molar-refractivity contribution in [1.29, 1.82) is 0 Å². The smallest absolute Gasteiger partial charge is 0.248 e. The molecule has 2 unspecified atom stereocenters. The van der Waals surface area contributed by atoms with Gasteiger partial charge >= 0.3 is 0 Å². The number of nitrogens with two attached hydrogens (primary N) is 2. The number of para-hydroxylation sites is 1. The van der Waals surface area contributed by atoms with Crippen molar-refractivity contribution in [3.63, 3.8) is 0 Å². The predicted molar refractivity (Wildman–Crippen MR) is 121 cm³/mol. The topological polar surface area (TPSA) is 116 Å². The van der Waals surface area contributed by atoms with E-state index in [2.05, 4.69) is 15.3 Å². The van der Waals surface area contributed by atoms with Crippen LogP contribution in [-0.4, -0.2) is 29.0 Å². The number of hydrogen-bond acceptors (Lipinski definition) is 6. The van der Waals surface area contributed by atoms with Gasteiger partial charge in [0.25, 0.3) is 0 Å². The van der Waals surface area contributed by atoms with Crippen molar-refractivity contribution in [3.05, 3.63) is 66.0 Å². The van der Waals surface area contributed by atoms with Crippen molar-refractivity contribution < 1.29 is 9.53 Å². The Morgan fingerprint density at radius 2 is 1.90 bits per heavy atom. The Morgan fingerprint density at radius 1 is 1.10 bits per heavy atom. The molecule has 1 aliphatic carbocycles. The minimum Gasteiger partial charge on any atom is -0.496 e. The maximum Gasteiger partial charge on any atom is 0.248 e. The van der Waals surface area contributed by atoms with Gasteiger partial charge in [0, 0.05) is 28.9 Å². The lowest BCUT2D eigenvalue weighted by molar-refractivity contribution is 0.0998. The highest BCUT2D eigenvalue weighted by atomic mass is 16.5. The van der Waals surface area contributed by atoms with Crippen molar-refractivity contribution in [3.8, 4) is 17.0 Å². The minimum absolute atomic E-state index is 0.0262. The first kappa shape index (κ1) is 20.8. The molecule has 0 bridgehead atoms. The normalized spacial score (nSPS) is 18.4. The van der Waals surface area contributed by atoms with E-state index in [1.807, 2.05) is 42.5 Å². The Balaban J connectivity index is 1.65. The molecule has 31 heavy (non-hydrogen) atoms. The van der Waals surface area contributed by atoms with Crippen LogP contribution in [-0.2, 0) is 0 Å². The number of anilines is 2. The van der Waals surface area contributed by atoms with Gasteiger partial charge in [-0.05, 0) is 54.7 Å². The summed E-state index contributed by atoms with van der Waals surface area (Å²) >= 11 is 0. The number of carbonyl (C=O) groups is 1. The molecular weight excluding hydrogens is 390 g/mol. The van der Waals surface area contributed by atoms with Crippen LogP contribution in [0.25, 0.3) is 11.3 Å². The van der Waals surface area contributed by atoms with Crippen molar-refractivity contribution in [2.45, 2.75) is 37.6 Å². The summed E-state index contributed by atoms with van der Waals surface area (Å²) in [7, 11) is 1.64. The number of primary amides is 1. The molecule has 1 heterocycles. The summed E-state index contributed by atoms with van der Waals surface area (Å²) in [4.78, 5) is 20.8. The maximum absolute atomic E-state index is 12.0. The van der Waals surface area contributed by atoms with Crippen LogP contribution in [0.4, 0.5) is 11.5 Å². The van der Waals surface area contributed by atoms with Gasteiger partial charge in [-0.2, -0.15) is 0 Å². The number of ether oxygens (including phenoxy) is 1. The summed E-state index contributed by atoms with van der Waals surface area (Å²) in [6, 6.07) is 15.2. The van der Waals surface area contributed by atoms with Gasteiger partial charge in [-0.25, -0.2) is 9.97 Å². The molecule has 1 saturated carbocycles. The molecule has 160 valence electrons. The van der Waals surface area contributed by atoms with Crippen LogP contribution in [0.15, 0.2) is 54.9 Å². The number of nitrogens with zero attached hydrogens (tertiary/aromatic N) is 2. The number of methoxy groups -OCH3 is 1. The second-order valence-electron chi connectivity index (χ2n) is 7.83. The Kier molecular flexibility index (Phi) is 6.13. The highest BCUT2D eigenvalue weighted by Gasteiger charge is 2.27. The van der Waals surface area contributed by atoms with Crippen LogP contribution in [0.3, 0.4) is 0 Å². The van der Waals surface area contributed by atoms with Crippen molar-refractivity contribution in [2.75, 3.05) is 12.4 Å². The van der Waals surface area contributed by atoms with E-state index in [0.717, 1.165) is 53.9 Å². The molecule has 7 nitrogen and oxygen atoms in total. The van der Waals surface area contributed by atoms with E-state index in [4.69, 9.17) is 16.2 Å². The second-order valence-corrected chi connectivity index (χ2v) is 7.83. The van der Waals surface area contributed by atoms with Gasteiger partial charge in [0.15, 0.2) is 0 Å². The summed E-state index contributed by atoms with van der Waals surface area (Å²) in [5.41, 5.74) is 15.9. The largest absolute Gasteiger partial charge is 0.496 e. The first-order valence-electron chi connectivity index (χ1n) is 10.5. The van der Waals surface area contributed by atoms with Gasteiger partial charge in [0.2, 0.25) is 5.91 Å². The summed E-state index contributed by atoms with van der Waals surface area (Å²) in [5.74, 6) is 1.07. The molecule has 0 radical (unpaired) electrons. The fraction of sp³-hybridized carbons (Fsp3) is 0.292. The lowest BCUT2D eigenvalue weighted by Crippen LogP contribution is -2.32. The zero-order valence-electron chi connectivity index (χ0n) is 17.5. The Labute approximate surface area is 181 Å². The van der Waals surface area contributed by atoms with Gasteiger partial charge < -0.3 is 21.5 Å². The van der Waals surface area contributed by atoms with Gasteiger partial charge in [0.1, 0.15) is 17.9 Å². The van der Waals surface area contributed by atoms with Crippen LogP contribution >= 0.6 is 0 Å². The molecule has 5 N–H and O–H groups in total. The van der Waals surface area contributed by atoms with E-state index in [1.165, 1.54) is 6.33 Å². The van der Waals surface area contributed by atoms with E-state index in [0.29, 0.717) is 11.4 Å². The van der Waals surface area contributed by atoms with Gasteiger partial charge in [-0.15, -0.1) is 0 Å². The zero-order chi connectivity index (χ0) is 21.8. The van der Waals surface area contributed by atoms with Crippen LogP contribution in [0, 0.1) is 0 Å². The van der Waals surface area contributed by atoms with Gasteiger partial charge in [-0.1, -0.05) is 25.0 Å². The van der Waals surface area contributed by atoms with E-state index in [-0.39, 0.29) is 12.0 Å². The van der Waals surface area contributed by atoms with Crippen molar-refractivity contribution >= 4 is 17.4 Å². The minimum atomic E-state index is -0.431. The number of aromatic nitrogens is 2. The number of hydrogen-bond donors (Lipinski definition) is 3. The van der Waals surface area contributed by atoms with Crippen LogP contribution in [0.5, 0.6) is 5.75 Å². The maximum atomic E-state index is 12.0. The summed E-state index contributed by atoms with van der Waals surface area (Å²) in [5, 5.41) is 3.33. The van der Waals surface area contributed by atoms with Crippen molar-refractivity contribution in [2.24, 2.45) is 11.5 Å². The highest BCUT2D eigenvalue weighted by molar-refractivity contribution is 5.95.